The number of likely N-dealkylation sites (tertiary alicyclic amines) is 1. The molecule has 2 aromatic carbocycles. The summed E-state index contributed by atoms with van der Waals surface area (Å²) < 4.78 is 40.4. The number of fused-ring (bicyclic) bond motifs is 1. The number of hydrogen-bond acceptors (Lipinski definition) is 4. The van der Waals surface area contributed by atoms with Gasteiger partial charge in [-0.2, -0.15) is 10.2 Å². The van der Waals surface area contributed by atoms with Crippen molar-refractivity contribution in [2.75, 3.05) is 25.5 Å². The van der Waals surface area contributed by atoms with Crippen molar-refractivity contribution in [1.29, 1.82) is 0 Å². The van der Waals surface area contributed by atoms with Crippen molar-refractivity contribution in [3.63, 3.8) is 0 Å². The van der Waals surface area contributed by atoms with E-state index in [-0.39, 0.29) is 12.1 Å². The average molecular weight is 429 g/mol. The van der Waals surface area contributed by atoms with Gasteiger partial charge in [0.2, 0.25) is 0 Å². The maximum atomic E-state index is 14.4. The molecular formula is C24H27F3N4. The van der Waals surface area contributed by atoms with E-state index in [0.717, 1.165) is 48.6 Å². The molecule has 1 fully saturated rings. The molecule has 1 N–H and O–H groups in total. The molecule has 0 amide bonds. The van der Waals surface area contributed by atoms with Crippen molar-refractivity contribution in [2.45, 2.75) is 39.2 Å². The van der Waals surface area contributed by atoms with Crippen LogP contribution in [0.4, 0.5) is 18.9 Å². The standard InChI is InChI=1S/C24H27F3N4/c1-3-16-11-21-20(10-18(16)9-15-7-8-31(2)14-15)22(13-29-30-21)28-12-17-5-4-6-19(23(17)25)24(26)27/h4-6,10-11,13,15,24H,3,7-9,12,14H2,1-2H3,(H,28,30)/t15-/m1/s1. The summed E-state index contributed by atoms with van der Waals surface area (Å²) in [4.78, 5) is 2.36. The molecule has 31 heavy (non-hydrogen) atoms. The average Bonchev–Trinajstić information content (AvgIpc) is 3.17. The summed E-state index contributed by atoms with van der Waals surface area (Å²) in [6.07, 6.45) is 1.88. The number of benzene rings is 2. The number of nitrogens with zero attached hydrogens (tertiary/aromatic N) is 3. The third kappa shape index (κ3) is 4.66. The van der Waals surface area contributed by atoms with Gasteiger partial charge in [-0.3, -0.25) is 0 Å². The van der Waals surface area contributed by atoms with Crippen molar-refractivity contribution in [2.24, 2.45) is 5.92 Å². The van der Waals surface area contributed by atoms with E-state index in [2.05, 4.69) is 46.5 Å². The van der Waals surface area contributed by atoms with Gasteiger partial charge in [-0.25, -0.2) is 13.2 Å². The van der Waals surface area contributed by atoms with Crippen LogP contribution in [0.15, 0.2) is 36.5 Å². The zero-order valence-corrected chi connectivity index (χ0v) is 17.8. The molecule has 0 saturated carbocycles. The first-order valence-electron chi connectivity index (χ1n) is 10.7. The summed E-state index contributed by atoms with van der Waals surface area (Å²) >= 11 is 0. The zero-order valence-electron chi connectivity index (χ0n) is 17.8. The van der Waals surface area contributed by atoms with Crippen LogP contribution in [0.25, 0.3) is 10.9 Å². The van der Waals surface area contributed by atoms with Gasteiger partial charge in [0.25, 0.3) is 6.43 Å². The summed E-state index contributed by atoms with van der Waals surface area (Å²) in [5.41, 5.74) is 3.69. The minimum Gasteiger partial charge on any atom is -0.379 e. The summed E-state index contributed by atoms with van der Waals surface area (Å²) in [6.45, 7) is 4.45. The SMILES string of the molecule is CCc1cc2nncc(NCc3cccc(C(F)F)c3F)c2cc1C[C@H]1CCN(C)C1. The molecule has 164 valence electrons. The van der Waals surface area contributed by atoms with E-state index in [1.165, 1.54) is 29.7 Å². The number of nitrogens with one attached hydrogen (secondary N) is 1. The molecule has 2 heterocycles. The number of aryl methyl sites for hydroxylation is 1. The molecule has 1 aliphatic rings. The van der Waals surface area contributed by atoms with Gasteiger partial charge in [-0.1, -0.05) is 25.1 Å². The monoisotopic (exact) mass is 428 g/mol. The van der Waals surface area contributed by atoms with E-state index >= 15 is 0 Å². The van der Waals surface area contributed by atoms with Crippen molar-refractivity contribution < 1.29 is 13.2 Å². The maximum absolute atomic E-state index is 14.4. The van der Waals surface area contributed by atoms with Gasteiger partial charge >= 0.3 is 0 Å². The molecule has 0 spiro atoms. The van der Waals surface area contributed by atoms with Gasteiger partial charge in [0.15, 0.2) is 0 Å². The Morgan fingerprint density at radius 2 is 2.03 bits per heavy atom. The second kappa shape index (κ2) is 9.22. The Kier molecular flexibility index (Phi) is 6.41. The molecule has 1 saturated heterocycles. The predicted octanol–water partition coefficient (Wildman–Crippen LogP) is 5.38. The Bertz CT molecular complexity index is 1070. The predicted molar refractivity (Wildman–Crippen MR) is 117 cm³/mol. The summed E-state index contributed by atoms with van der Waals surface area (Å²) in [5.74, 6) is -0.235. The highest BCUT2D eigenvalue weighted by Crippen LogP contribution is 2.30. The van der Waals surface area contributed by atoms with Crippen molar-refractivity contribution in [3.8, 4) is 0 Å². The normalized spacial score (nSPS) is 17.0. The number of halogens is 3. The van der Waals surface area contributed by atoms with Crippen LogP contribution in [0.5, 0.6) is 0 Å². The van der Waals surface area contributed by atoms with Gasteiger partial charge in [0.1, 0.15) is 5.82 Å². The first kappa shape index (κ1) is 21.6. The second-order valence-electron chi connectivity index (χ2n) is 8.35. The molecule has 1 aromatic heterocycles. The Morgan fingerprint density at radius 1 is 1.19 bits per heavy atom. The summed E-state index contributed by atoms with van der Waals surface area (Å²) in [5, 5.41) is 12.4. The lowest BCUT2D eigenvalue weighted by atomic mass is 9.92. The Labute approximate surface area is 180 Å². The Hall–Kier alpha value is -2.67. The highest BCUT2D eigenvalue weighted by atomic mass is 19.3. The highest BCUT2D eigenvalue weighted by molar-refractivity contribution is 5.91. The minimum absolute atomic E-state index is 0.0888. The second-order valence-corrected chi connectivity index (χ2v) is 8.35. The fourth-order valence-corrected chi connectivity index (χ4v) is 4.45. The van der Waals surface area contributed by atoms with E-state index in [9.17, 15) is 13.2 Å². The smallest absolute Gasteiger partial charge is 0.266 e. The third-order valence-electron chi connectivity index (χ3n) is 6.15. The largest absolute Gasteiger partial charge is 0.379 e. The number of aromatic nitrogens is 2. The topological polar surface area (TPSA) is 41.1 Å². The van der Waals surface area contributed by atoms with Crippen LogP contribution in [0.3, 0.4) is 0 Å². The number of rotatable bonds is 7. The van der Waals surface area contributed by atoms with E-state index in [1.807, 2.05) is 0 Å². The minimum atomic E-state index is -2.84. The maximum Gasteiger partial charge on any atom is 0.266 e. The van der Waals surface area contributed by atoms with E-state index in [4.69, 9.17) is 0 Å². The van der Waals surface area contributed by atoms with Gasteiger partial charge in [-0.05, 0) is 62.0 Å². The van der Waals surface area contributed by atoms with Crippen LogP contribution >= 0.6 is 0 Å². The van der Waals surface area contributed by atoms with Crippen LogP contribution in [0, 0.1) is 11.7 Å². The van der Waals surface area contributed by atoms with Gasteiger partial charge in [0, 0.05) is 24.0 Å². The van der Waals surface area contributed by atoms with Crippen LogP contribution < -0.4 is 5.32 Å². The summed E-state index contributed by atoms with van der Waals surface area (Å²) in [7, 11) is 2.15. The highest BCUT2D eigenvalue weighted by Gasteiger charge is 2.21. The first-order chi connectivity index (χ1) is 15.0. The van der Waals surface area contributed by atoms with Gasteiger partial charge in [0.05, 0.1) is 23.0 Å². The fourth-order valence-electron chi connectivity index (χ4n) is 4.45. The molecule has 0 radical (unpaired) electrons. The Morgan fingerprint density at radius 3 is 2.74 bits per heavy atom. The molecule has 3 aromatic rings. The molecule has 1 atom stereocenters. The van der Waals surface area contributed by atoms with E-state index in [1.54, 1.807) is 6.20 Å². The van der Waals surface area contributed by atoms with Crippen molar-refractivity contribution in [1.82, 2.24) is 15.1 Å². The molecule has 1 aliphatic heterocycles. The zero-order chi connectivity index (χ0) is 22.0. The third-order valence-corrected chi connectivity index (χ3v) is 6.15. The van der Waals surface area contributed by atoms with Gasteiger partial charge in [-0.15, -0.1) is 0 Å². The lowest BCUT2D eigenvalue weighted by Gasteiger charge is -2.16. The fraction of sp³-hybridized carbons (Fsp3) is 0.417. The summed E-state index contributed by atoms with van der Waals surface area (Å²) in [6, 6.07) is 8.33. The van der Waals surface area contributed by atoms with Crippen LogP contribution in [-0.2, 0) is 19.4 Å². The lowest BCUT2D eigenvalue weighted by Crippen LogP contribution is -2.15. The van der Waals surface area contributed by atoms with Crippen LogP contribution in [0.1, 0.15) is 42.0 Å². The van der Waals surface area contributed by atoms with Crippen molar-refractivity contribution in [3.05, 3.63) is 64.6 Å². The molecule has 0 aliphatic carbocycles. The molecule has 0 bridgehead atoms. The quantitative estimate of drug-likeness (QED) is 0.549. The molecule has 4 rings (SSSR count). The van der Waals surface area contributed by atoms with E-state index in [0.29, 0.717) is 5.92 Å². The van der Waals surface area contributed by atoms with Gasteiger partial charge < -0.3 is 10.2 Å². The Balaban J connectivity index is 1.62. The molecule has 7 heteroatoms. The number of alkyl halides is 2. The van der Waals surface area contributed by atoms with Crippen molar-refractivity contribution >= 4 is 16.6 Å². The molecule has 4 nitrogen and oxygen atoms in total. The van der Waals surface area contributed by atoms with E-state index < -0.39 is 17.8 Å². The first-order valence-corrected chi connectivity index (χ1v) is 10.7. The number of anilines is 1. The molecule has 0 unspecified atom stereocenters. The van der Waals surface area contributed by atoms with Crippen LogP contribution in [-0.4, -0.2) is 35.2 Å². The van der Waals surface area contributed by atoms with Crippen LogP contribution in [0.2, 0.25) is 0 Å². The number of hydrogen-bond donors (Lipinski definition) is 1. The lowest BCUT2D eigenvalue weighted by molar-refractivity contribution is 0.146. The molecular weight excluding hydrogens is 401 g/mol.